The topological polar surface area (TPSA) is 26.0 Å². The van der Waals surface area contributed by atoms with E-state index >= 15 is 0 Å². The minimum Gasteiger partial charge on any atom is -0.326 e. The van der Waals surface area contributed by atoms with Gasteiger partial charge in [-0.3, -0.25) is 0 Å². The van der Waals surface area contributed by atoms with Crippen molar-refractivity contribution in [2.75, 3.05) is 0 Å². The number of hydrogen-bond acceptors (Lipinski definition) is 1. The number of rotatable bonds is 3. The summed E-state index contributed by atoms with van der Waals surface area (Å²) in [5.74, 6) is 0. The Kier molecular flexibility index (Phi) is 3.49. The Morgan fingerprint density at radius 3 is 2.27 bits per heavy atom. The molecule has 0 amide bonds. The van der Waals surface area contributed by atoms with Crippen molar-refractivity contribution in [3.63, 3.8) is 0 Å². The van der Waals surface area contributed by atoms with E-state index in [2.05, 4.69) is 42.5 Å². The Morgan fingerprint density at radius 2 is 1.53 bits per heavy atom. The Hall–Kier alpha value is -1.17. The second-order valence-electron chi connectivity index (χ2n) is 3.35. The largest absolute Gasteiger partial charge is 0.326 e. The maximum Gasteiger partial charge on any atom is 0.0184 e. The summed E-state index contributed by atoms with van der Waals surface area (Å²) in [6.07, 6.45) is 0. The van der Waals surface area contributed by atoms with Crippen LogP contribution in [0.15, 0.2) is 54.6 Å². The molecule has 2 heteroatoms. The molecule has 0 bridgehead atoms. The van der Waals surface area contributed by atoms with Gasteiger partial charge >= 0.3 is 0 Å². The normalized spacial score (nSPS) is 11.0. The molecule has 0 spiro atoms. The summed E-state index contributed by atoms with van der Waals surface area (Å²) >= 11 is 0. The fraction of sp³-hybridized carbons (Fsp3) is 0.0769. The van der Waals surface area contributed by atoms with Crippen molar-refractivity contribution in [1.29, 1.82) is 0 Å². The number of hydrogen-bond donors (Lipinski definition) is 1. The monoisotopic (exact) mass is 215 g/mol. The Labute approximate surface area is 92.1 Å². The molecule has 0 aliphatic heterocycles. The summed E-state index contributed by atoms with van der Waals surface area (Å²) in [6, 6.07) is 18.9. The van der Waals surface area contributed by atoms with Gasteiger partial charge < -0.3 is 5.73 Å². The number of nitrogens with two attached hydrogens (primary N) is 1. The minimum absolute atomic E-state index is 0.621. The van der Waals surface area contributed by atoms with Crippen LogP contribution >= 0.6 is 8.58 Å². The van der Waals surface area contributed by atoms with E-state index in [1.165, 1.54) is 16.2 Å². The van der Waals surface area contributed by atoms with Crippen molar-refractivity contribution in [2.24, 2.45) is 5.73 Å². The quantitative estimate of drug-likeness (QED) is 0.776. The first-order valence-corrected chi connectivity index (χ1v) is 6.00. The van der Waals surface area contributed by atoms with Crippen LogP contribution in [0.1, 0.15) is 5.56 Å². The Bertz CT molecular complexity index is 426. The molecule has 0 fully saturated rings. The van der Waals surface area contributed by atoms with Gasteiger partial charge in [-0.2, -0.15) is 0 Å². The van der Waals surface area contributed by atoms with Gasteiger partial charge in [-0.05, 0) is 16.2 Å². The molecule has 0 aromatic heterocycles. The summed E-state index contributed by atoms with van der Waals surface area (Å²) < 4.78 is 0. The van der Waals surface area contributed by atoms with Crippen LogP contribution in [-0.2, 0) is 6.54 Å². The smallest absolute Gasteiger partial charge is 0.0184 e. The molecular weight excluding hydrogens is 201 g/mol. The molecule has 1 nitrogen and oxygen atoms in total. The third-order valence-corrected chi connectivity index (χ3v) is 3.67. The van der Waals surface area contributed by atoms with Gasteiger partial charge in [0.1, 0.15) is 0 Å². The van der Waals surface area contributed by atoms with Crippen LogP contribution in [0.5, 0.6) is 0 Å². The average molecular weight is 215 g/mol. The fourth-order valence-electron chi connectivity index (χ4n) is 1.50. The molecule has 0 heterocycles. The summed E-state index contributed by atoms with van der Waals surface area (Å²) in [7, 11) is 0.702. The van der Waals surface area contributed by atoms with E-state index in [1.807, 2.05) is 12.1 Å². The zero-order chi connectivity index (χ0) is 10.5. The molecule has 2 aromatic rings. The minimum atomic E-state index is 0.621. The summed E-state index contributed by atoms with van der Waals surface area (Å²) in [4.78, 5) is 0. The van der Waals surface area contributed by atoms with Gasteiger partial charge in [-0.25, -0.2) is 0 Å². The van der Waals surface area contributed by atoms with Crippen LogP contribution in [-0.4, -0.2) is 0 Å². The zero-order valence-electron chi connectivity index (χ0n) is 8.48. The lowest BCUT2D eigenvalue weighted by Crippen LogP contribution is -2.11. The van der Waals surface area contributed by atoms with E-state index in [1.54, 1.807) is 0 Å². The van der Waals surface area contributed by atoms with Crippen molar-refractivity contribution in [3.05, 3.63) is 60.2 Å². The Balaban J connectivity index is 2.24. The summed E-state index contributed by atoms with van der Waals surface area (Å²) in [6.45, 7) is 0.621. The van der Waals surface area contributed by atoms with Crippen molar-refractivity contribution in [1.82, 2.24) is 0 Å². The SMILES string of the molecule is NCc1ccccc1Pc1ccccc1. The van der Waals surface area contributed by atoms with Crippen LogP contribution in [0.25, 0.3) is 0 Å². The highest BCUT2D eigenvalue weighted by molar-refractivity contribution is 7.55. The van der Waals surface area contributed by atoms with Crippen LogP contribution in [0.4, 0.5) is 0 Å². The van der Waals surface area contributed by atoms with E-state index in [-0.39, 0.29) is 0 Å². The lowest BCUT2D eigenvalue weighted by Gasteiger charge is -2.07. The molecule has 2 N–H and O–H groups in total. The fourth-order valence-corrected chi connectivity index (χ4v) is 2.69. The molecule has 1 atom stereocenters. The molecule has 1 unspecified atom stereocenters. The summed E-state index contributed by atoms with van der Waals surface area (Å²) in [5, 5.41) is 2.71. The highest BCUT2D eigenvalue weighted by Gasteiger charge is 2.00. The van der Waals surface area contributed by atoms with Crippen molar-refractivity contribution >= 4 is 19.2 Å². The molecule has 0 saturated heterocycles. The van der Waals surface area contributed by atoms with E-state index in [0.717, 1.165) is 0 Å². The molecular formula is C13H14NP. The Morgan fingerprint density at radius 1 is 0.867 bits per heavy atom. The van der Waals surface area contributed by atoms with Crippen LogP contribution in [0.3, 0.4) is 0 Å². The van der Waals surface area contributed by atoms with Crippen molar-refractivity contribution < 1.29 is 0 Å². The maximum absolute atomic E-state index is 5.71. The highest BCUT2D eigenvalue weighted by atomic mass is 31.1. The third kappa shape index (κ3) is 2.65. The predicted molar refractivity (Wildman–Crippen MR) is 68.4 cm³/mol. The second-order valence-corrected chi connectivity index (χ2v) is 4.72. The molecule has 0 aliphatic carbocycles. The average Bonchev–Trinajstić information content (AvgIpc) is 2.31. The molecule has 15 heavy (non-hydrogen) atoms. The molecule has 0 saturated carbocycles. The van der Waals surface area contributed by atoms with Gasteiger partial charge in [0, 0.05) is 6.54 Å². The highest BCUT2D eigenvalue weighted by Crippen LogP contribution is 2.12. The van der Waals surface area contributed by atoms with Crippen molar-refractivity contribution in [2.45, 2.75) is 6.54 Å². The predicted octanol–water partition coefficient (Wildman–Crippen LogP) is 1.77. The molecule has 2 rings (SSSR count). The molecule has 2 aromatic carbocycles. The van der Waals surface area contributed by atoms with E-state index in [9.17, 15) is 0 Å². The van der Waals surface area contributed by atoms with Gasteiger partial charge in [0.25, 0.3) is 0 Å². The van der Waals surface area contributed by atoms with Gasteiger partial charge in [0.15, 0.2) is 0 Å². The first kappa shape index (κ1) is 10.4. The van der Waals surface area contributed by atoms with E-state index in [0.29, 0.717) is 15.1 Å². The zero-order valence-corrected chi connectivity index (χ0v) is 9.48. The van der Waals surface area contributed by atoms with Crippen LogP contribution < -0.4 is 16.3 Å². The lowest BCUT2D eigenvalue weighted by atomic mass is 10.2. The van der Waals surface area contributed by atoms with Gasteiger partial charge in [0.05, 0.1) is 0 Å². The molecule has 0 aliphatic rings. The standard InChI is InChI=1S/C13H14NP/c14-10-11-6-4-5-9-13(11)15-12-7-2-1-3-8-12/h1-9,15H,10,14H2. The second kappa shape index (κ2) is 5.06. The van der Waals surface area contributed by atoms with Crippen LogP contribution in [0.2, 0.25) is 0 Å². The molecule has 76 valence electrons. The van der Waals surface area contributed by atoms with Gasteiger partial charge in [-0.1, -0.05) is 63.2 Å². The van der Waals surface area contributed by atoms with Crippen LogP contribution in [0, 0.1) is 0 Å². The first-order chi connectivity index (χ1) is 7.40. The maximum atomic E-state index is 5.71. The third-order valence-electron chi connectivity index (χ3n) is 2.29. The van der Waals surface area contributed by atoms with E-state index < -0.39 is 0 Å². The molecule has 0 radical (unpaired) electrons. The van der Waals surface area contributed by atoms with Gasteiger partial charge in [0.2, 0.25) is 0 Å². The number of benzene rings is 2. The summed E-state index contributed by atoms with van der Waals surface area (Å²) in [5.41, 5.74) is 6.96. The first-order valence-electron chi connectivity index (χ1n) is 5.00. The van der Waals surface area contributed by atoms with Crippen molar-refractivity contribution in [3.8, 4) is 0 Å². The van der Waals surface area contributed by atoms with Gasteiger partial charge in [-0.15, -0.1) is 0 Å². The van der Waals surface area contributed by atoms with E-state index in [4.69, 9.17) is 5.73 Å². The lowest BCUT2D eigenvalue weighted by molar-refractivity contribution is 1.08.